The summed E-state index contributed by atoms with van der Waals surface area (Å²) in [7, 11) is 0. The quantitative estimate of drug-likeness (QED) is 0.671. The Labute approximate surface area is 143 Å². The van der Waals surface area contributed by atoms with Gasteiger partial charge in [-0.3, -0.25) is 9.59 Å². The van der Waals surface area contributed by atoms with E-state index in [-0.39, 0.29) is 36.0 Å². The van der Waals surface area contributed by atoms with Gasteiger partial charge >= 0.3 is 11.9 Å². The van der Waals surface area contributed by atoms with E-state index < -0.39 is 0 Å². The van der Waals surface area contributed by atoms with Crippen LogP contribution in [0.5, 0.6) is 0 Å². The van der Waals surface area contributed by atoms with Crippen LogP contribution >= 0.6 is 0 Å². The summed E-state index contributed by atoms with van der Waals surface area (Å²) in [5, 5.41) is 6.68. The van der Waals surface area contributed by atoms with Gasteiger partial charge in [-0.1, -0.05) is 0 Å². The summed E-state index contributed by atoms with van der Waals surface area (Å²) in [6.45, 7) is 5.75. The van der Waals surface area contributed by atoms with Crippen molar-refractivity contribution in [2.24, 2.45) is 23.7 Å². The van der Waals surface area contributed by atoms with E-state index in [0.29, 0.717) is 23.9 Å². The van der Waals surface area contributed by atoms with Gasteiger partial charge in [0.2, 0.25) is 0 Å². The topological polar surface area (TPSA) is 76.7 Å². The minimum absolute atomic E-state index is 0.0595. The van der Waals surface area contributed by atoms with Gasteiger partial charge in [0.05, 0.1) is 24.0 Å². The molecule has 4 heterocycles. The zero-order valence-corrected chi connectivity index (χ0v) is 14.5. The molecule has 4 bridgehead atoms. The fraction of sp³-hybridized carbons (Fsp3) is 0.889. The third kappa shape index (κ3) is 2.84. The molecule has 2 N–H and O–H groups in total. The van der Waals surface area contributed by atoms with Gasteiger partial charge in [-0.15, -0.1) is 0 Å². The van der Waals surface area contributed by atoms with E-state index in [1.807, 2.05) is 13.8 Å². The molecule has 6 unspecified atom stereocenters. The molecule has 2 aliphatic carbocycles. The molecule has 4 aliphatic heterocycles. The van der Waals surface area contributed by atoms with Crippen molar-refractivity contribution in [3.63, 3.8) is 0 Å². The van der Waals surface area contributed by atoms with Gasteiger partial charge in [0.1, 0.15) is 0 Å². The molecule has 0 aromatic rings. The van der Waals surface area contributed by atoms with Gasteiger partial charge < -0.3 is 20.1 Å². The molecule has 8 atom stereocenters. The summed E-state index contributed by atoms with van der Waals surface area (Å²) in [4.78, 5) is 24.4. The Morgan fingerprint density at radius 1 is 0.875 bits per heavy atom. The van der Waals surface area contributed by atoms with Crippen molar-refractivity contribution in [2.45, 2.75) is 63.8 Å². The van der Waals surface area contributed by atoms with Crippen LogP contribution in [0.1, 0.15) is 39.5 Å². The summed E-state index contributed by atoms with van der Waals surface area (Å²) >= 11 is 0. The summed E-state index contributed by atoms with van der Waals surface area (Å²) in [5.74, 6) is 0.946. The van der Waals surface area contributed by atoms with Gasteiger partial charge in [-0.2, -0.15) is 0 Å². The van der Waals surface area contributed by atoms with Crippen LogP contribution in [-0.4, -0.2) is 49.3 Å². The number of nitrogens with one attached hydrogen (secondary N) is 2. The Morgan fingerprint density at radius 2 is 1.29 bits per heavy atom. The van der Waals surface area contributed by atoms with E-state index in [1.165, 1.54) is 0 Å². The second-order valence-electron chi connectivity index (χ2n) is 8.14. The first kappa shape index (κ1) is 16.3. The second kappa shape index (κ2) is 6.30. The average molecular weight is 336 g/mol. The normalized spacial score (nSPS) is 41.1. The summed E-state index contributed by atoms with van der Waals surface area (Å²) < 4.78 is 11.2. The van der Waals surface area contributed by atoms with E-state index >= 15 is 0 Å². The van der Waals surface area contributed by atoms with E-state index in [9.17, 15) is 9.59 Å². The molecule has 2 saturated carbocycles. The predicted octanol–water partition coefficient (Wildman–Crippen LogP) is 0.846. The number of ether oxygens (including phenoxy) is 2. The molecule has 0 aromatic heterocycles. The molecule has 0 amide bonds. The third-order valence-corrected chi connectivity index (χ3v) is 6.44. The Bertz CT molecular complexity index is 451. The predicted molar refractivity (Wildman–Crippen MR) is 87.1 cm³/mol. The fourth-order valence-electron chi connectivity index (χ4n) is 4.81. The molecule has 134 valence electrons. The largest absolute Gasteiger partial charge is 0.462 e. The molecule has 6 aliphatic rings. The minimum atomic E-state index is -0.125. The van der Waals surface area contributed by atoms with Gasteiger partial charge in [0, 0.05) is 12.1 Å². The third-order valence-electron chi connectivity index (χ3n) is 6.44. The SMILES string of the molecule is C[C@@H](CC[C@H](C)OC(=O)C1C2CNC1C2)OC(=O)C1C2CNC1C2. The number of carbonyl (C=O) groups is 2. The van der Waals surface area contributed by atoms with E-state index in [4.69, 9.17) is 9.47 Å². The maximum Gasteiger partial charge on any atom is 0.311 e. The van der Waals surface area contributed by atoms with Crippen LogP contribution in [0.3, 0.4) is 0 Å². The molecule has 0 spiro atoms. The molecule has 6 fully saturated rings. The van der Waals surface area contributed by atoms with Crippen LogP contribution in [0.25, 0.3) is 0 Å². The average Bonchev–Trinajstić information content (AvgIpc) is 3.22. The molecule has 6 heteroatoms. The molecule has 0 radical (unpaired) electrons. The standard InChI is InChI=1S/C18H28N2O4/c1-9(23-17(21)15-11-5-13(15)19-7-11)3-4-10(2)24-18(22)16-12-6-14(16)20-8-12/h9-16,19-20H,3-8H2,1-2H3/t9-,10-,11?,12?,13?,14?,15?,16?/m0/s1. The lowest BCUT2D eigenvalue weighted by molar-refractivity contribution is -0.162. The lowest BCUT2D eigenvalue weighted by Crippen LogP contribution is -2.44. The first-order chi connectivity index (χ1) is 11.5. The highest BCUT2D eigenvalue weighted by molar-refractivity contribution is 5.76. The van der Waals surface area contributed by atoms with Crippen LogP contribution in [-0.2, 0) is 19.1 Å². The highest BCUT2D eigenvalue weighted by Crippen LogP contribution is 2.41. The monoisotopic (exact) mass is 336 g/mol. The molecular formula is C18H28N2O4. The van der Waals surface area contributed by atoms with Gasteiger partial charge in [-0.25, -0.2) is 0 Å². The van der Waals surface area contributed by atoms with Crippen LogP contribution < -0.4 is 10.6 Å². The summed E-state index contributed by atoms with van der Waals surface area (Å²) in [6, 6.07) is 0.669. The Hall–Kier alpha value is -1.14. The second-order valence-corrected chi connectivity index (χ2v) is 8.14. The fourth-order valence-corrected chi connectivity index (χ4v) is 4.81. The zero-order chi connectivity index (χ0) is 16.8. The number of esters is 2. The lowest BCUT2D eigenvalue weighted by Gasteiger charge is -2.33. The van der Waals surface area contributed by atoms with E-state index in [1.54, 1.807) is 0 Å². The van der Waals surface area contributed by atoms with Crippen LogP contribution in [0.4, 0.5) is 0 Å². The minimum Gasteiger partial charge on any atom is -0.462 e. The maximum atomic E-state index is 12.2. The van der Waals surface area contributed by atoms with Crippen molar-refractivity contribution in [3.8, 4) is 0 Å². The lowest BCUT2D eigenvalue weighted by atomic mass is 9.74. The summed E-state index contributed by atoms with van der Waals surface area (Å²) in [5.41, 5.74) is 0. The first-order valence-electron chi connectivity index (χ1n) is 9.40. The van der Waals surface area contributed by atoms with Crippen molar-refractivity contribution in [3.05, 3.63) is 0 Å². The molecule has 0 aromatic carbocycles. The Balaban J connectivity index is 1.15. The molecule has 24 heavy (non-hydrogen) atoms. The number of hydrogen-bond acceptors (Lipinski definition) is 6. The number of hydrogen-bond donors (Lipinski definition) is 2. The smallest absolute Gasteiger partial charge is 0.311 e. The number of fused-ring (bicyclic) bond motifs is 2. The molecule has 6 nitrogen and oxygen atoms in total. The van der Waals surface area contributed by atoms with Crippen LogP contribution in [0, 0.1) is 23.7 Å². The van der Waals surface area contributed by atoms with Gasteiger partial charge in [0.25, 0.3) is 0 Å². The van der Waals surface area contributed by atoms with Crippen molar-refractivity contribution in [1.29, 1.82) is 0 Å². The highest BCUT2D eigenvalue weighted by atomic mass is 16.5. The maximum absolute atomic E-state index is 12.2. The van der Waals surface area contributed by atoms with Gasteiger partial charge in [0.15, 0.2) is 0 Å². The van der Waals surface area contributed by atoms with Crippen molar-refractivity contribution < 1.29 is 19.1 Å². The zero-order valence-electron chi connectivity index (χ0n) is 14.5. The first-order valence-corrected chi connectivity index (χ1v) is 9.40. The van der Waals surface area contributed by atoms with Crippen molar-refractivity contribution in [1.82, 2.24) is 10.6 Å². The number of rotatable bonds is 7. The van der Waals surface area contributed by atoms with Crippen molar-refractivity contribution in [2.75, 3.05) is 13.1 Å². The molecule has 4 saturated heterocycles. The molecular weight excluding hydrogens is 308 g/mol. The van der Waals surface area contributed by atoms with Crippen molar-refractivity contribution >= 4 is 11.9 Å². The summed E-state index contributed by atoms with van der Waals surface area (Å²) in [6.07, 6.45) is 3.43. The van der Waals surface area contributed by atoms with Crippen LogP contribution in [0.2, 0.25) is 0 Å². The van der Waals surface area contributed by atoms with E-state index in [2.05, 4.69) is 10.6 Å². The molecule has 6 rings (SSSR count). The number of carbonyl (C=O) groups excluding carboxylic acids is 2. The van der Waals surface area contributed by atoms with Gasteiger partial charge in [-0.05, 0) is 64.5 Å². The highest BCUT2D eigenvalue weighted by Gasteiger charge is 2.52. The van der Waals surface area contributed by atoms with Crippen LogP contribution in [0.15, 0.2) is 0 Å². The Morgan fingerprint density at radius 3 is 1.58 bits per heavy atom. The Kier molecular flexibility index (Phi) is 4.29. The van der Waals surface area contributed by atoms with E-state index in [0.717, 1.165) is 38.8 Å².